The molecule has 3 aliphatic rings. The number of aliphatic hydroxyl groups is 3. The van der Waals surface area contributed by atoms with Crippen LogP contribution >= 0.6 is 0 Å². The molecular weight excluding hydrogens is 752 g/mol. The highest BCUT2D eigenvalue weighted by molar-refractivity contribution is 7.89. The molecule has 3 aliphatic heterocycles. The first kappa shape index (κ1) is 46.4. The molecule has 0 unspecified atom stereocenters. The zero-order valence-electron chi connectivity index (χ0n) is 34.2. The Morgan fingerprint density at radius 1 is 0.964 bits per heavy atom. The van der Waals surface area contributed by atoms with E-state index in [-0.39, 0.29) is 37.1 Å². The van der Waals surface area contributed by atoms with E-state index in [9.17, 15) is 33.3 Å². The maximum absolute atomic E-state index is 14.2. The van der Waals surface area contributed by atoms with Crippen LogP contribution in [0.2, 0.25) is 0 Å². The van der Waals surface area contributed by atoms with Gasteiger partial charge in [0.1, 0.15) is 18.3 Å². The van der Waals surface area contributed by atoms with E-state index in [0.717, 1.165) is 0 Å². The number of methoxy groups -OCH3 is 1. The molecule has 0 aromatic heterocycles. The second-order valence-corrected chi connectivity index (χ2v) is 18.3. The predicted octanol–water partition coefficient (Wildman–Crippen LogP) is 2.15. The van der Waals surface area contributed by atoms with E-state index in [1.165, 1.54) is 26.2 Å². The van der Waals surface area contributed by atoms with Gasteiger partial charge in [-0.3, -0.25) is 9.59 Å². The first-order valence-electron chi connectivity index (χ1n) is 19.5. The Labute approximate surface area is 331 Å². The van der Waals surface area contributed by atoms with Crippen LogP contribution in [0.4, 0.5) is 0 Å². The summed E-state index contributed by atoms with van der Waals surface area (Å²) in [6.45, 7) is 14.6. The molecule has 0 amide bonds. The number of hydrogen-bond acceptors (Lipinski definition) is 15. The Kier molecular flexibility index (Phi) is 15.2. The fraction of sp³-hybridized carbons (Fsp3) is 0.795. The zero-order chi connectivity index (χ0) is 42.0. The number of benzene rings is 1. The van der Waals surface area contributed by atoms with Gasteiger partial charge in [-0.15, -0.1) is 0 Å². The molecule has 320 valence electrons. The topological polar surface area (TPSA) is 232 Å². The Balaban J connectivity index is 1.78. The molecule has 56 heavy (non-hydrogen) atoms. The average molecular weight is 817 g/mol. The summed E-state index contributed by atoms with van der Waals surface area (Å²) in [5.74, 6) is -4.36. The van der Waals surface area contributed by atoms with Crippen molar-refractivity contribution in [2.24, 2.45) is 23.5 Å². The van der Waals surface area contributed by atoms with E-state index >= 15 is 0 Å². The van der Waals surface area contributed by atoms with Gasteiger partial charge < -0.3 is 54.2 Å². The molecule has 16 nitrogen and oxygen atoms in total. The second-order valence-electron chi connectivity index (χ2n) is 16.6. The van der Waals surface area contributed by atoms with Crippen molar-refractivity contribution in [3.05, 3.63) is 30.3 Å². The SMILES string of the molecule is CC[C@@H]1OC(=O)[C@H](C)[C@H](O[C@H]2C[C@@](C)(OC)[C@@H](O)[C@H](C)O2)[C@H](C)[C@@H](O[C@@H]2O[C@H](C)C[C@H](NS(=O)(=O)c3ccccc3)[C@H]2O)[C@](C)(O)C[C@@H](C)C(=O)O[C@]1(C)CN. The number of hydrogen-bond donors (Lipinski definition) is 5. The minimum atomic E-state index is -4.07. The summed E-state index contributed by atoms with van der Waals surface area (Å²) in [6.07, 6.45) is -9.65. The molecule has 0 saturated carbocycles. The molecule has 6 N–H and O–H groups in total. The normalized spacial score (nSPS) is 43.4. The zero-order valence-corrected chi connectivity index (χ0v) is 35.1. The molecule has 3 fully saturated rings. The highest BCUT2D eigenvalue weighted by Gasteiger charge is 2.53. The third-order valence-electron chi connectivity index (χ3n) is 11.7. The molecule has 3 heterocycles. The van der Waals surface area contributed by atoms with Crippen molar-refractivity contribution in [3.63, 3.8) is 0 Å². The summed E-state index contributed by atoms with van der Waals surface area (Å²) >= 11 is 0. The number of ether oxygens (including phenoxy) is 7. The molecule has 0 radical (unpaired) electrons. The van der Waals surface area contributed by atoms with E-state index in [4.69, 9.17) is 38.9 Å². The van der Waals surface area contributed by atoms with E-state index in [2.05, 4.69) is 4.72 Å². The smallest absolute Gasteiger partial charge is 0.311 e. The molecule has 16 atom stereocenters. The van der Waals surface area contributed by atoms with Crippen LogP contribution in [0.1, 0.15) is 88.0 Å². The second kappa shape index (κ2) is 18.3. The average Bonchev–Trinajstić information content (AvgIpc) is 3.14. The molecule has 17 heteroatoms. The van der Waals surface area contributed by atoms with Crippen LogP contribution in [0.25, 0.3) is 0 Å². The number of aliphatic hydroxyl groups excluding tert-OH is 2. The van der Waals surface area contributed by atoms with Crippen molar-refractivity contribution in [3.8, 4) is 0 Å². The lowest BCUT2D eigenvalue weighted by molar-refractivity contribution is -0.315. The van der Waals surface area contributed by atoms with Crippen molar-refractivity contribution < 1.29 is 66.5 Å². The van der Waals surface area contributed by atoms with E-state index < -0.39 is 118 Å². The van der Waals surface area contributed by atoms with Crippen molar-refractivity contribution >= 4 is 22.0 Å². The lowest BCUT2D eigenvalue weighted by atomic mass is 9.77. The van der Waals surface area contributed by atoms with Crippen molar-refractivity contribution in [2.75, 3.05) is 13.7 Å². The lowest BCUT2D eigenvalue weighted by Gasteiger charge is -2.48. The van der Waals surface area contributed by atoms with Gasteiger partial charge in [-0.1, -0.05) is 39.0 Å². The van der Waals surface area contributed by atoms with Crippen LogP contribution in [0.15, 0.2) is 35.2 Å². The van der Waals surface area contributed by atoms with Crippen LogP contribution in [0, 0.1) is 17.8 Å². The monoisotopic (exact) mass is 816 g/mol. The van der Waals surface area contributed by atoms with Gasteiger partial charge in [0, 0.05) is 26.0 Å². The molecule has 1 aromatic rings. The fourth-order valence-corrected chi connectivity index (χ4v) is 9.47. The minimum Gasteiger partial charge on any atom is -0.458 e. The van der Waals surface area contributed by atoms with E-state index in [1.54, 1.807) is 73.6 Å². The molecule has 3 saturated heterocycles. The van der Waals surface area contributed by atoms with E-state index in [0.29, 0.717) is 0 Å². The number of esters is 2. The summed E-state index contributed by atoms with van der Waals surface area (Å²) in [7, 11) is -2.61. The van der Waals surface area contributed by atoms with Crippen molar-refractivity contribution in [1.82, 2.24) is 4.72 Å². The third-order valence-corrected chi connectivity index (χ3v) is 13.2. The molecule has 1 aromatic carbocycles. The molecule has 0 bridgehead atoms. The van der Waals surface area contributed by atoms with Crippen molar-refractivity contribution in [2.45, 2.75) is 171 Å². The van der Waals surface area contributed by atoms with Gasteiger partial charge in [0.2, 0.25) is 10.0 Å². The summed E-state index contributed by atoms with van der Waals surface area (Å²) in [4.78, 5) is 27.8. The number of carbonyl (C=O) groups excluding carboxylic acids is 2. The highest BCUT2D eigenvalue weighted by atomic mass is 32.2. The lowest BCUT2D eigenvalue weighted by Crippen LogP contribution is -2.61. The Morgan fingerprint density at radius 3 is 2.20 bits per heavy atom. The van der Waals surface area contributed by atoms with Gasteiger partial charge >= 0.3 is 11.9 Å². The number of cyclic esters (lactones) is 2. The molecule has 0 spiro atoms. The summed E-state index contributed by atoms with van der Waals surface area (Å²) in [5, 5.41) is 35.0. The van der Waals surface area contributed by atoms with Gasteiger partial charge in [0.25, 0.3) is 0 Å². The van der Waals surface area contributed by atoms with Gasteiger partial charge in [-0.05, 0) is 72.9 Å². The maximum atomic E-state index is 14.2. The third kappa shape index (κ3) is 10.3. The fourth-order valence-electron chi connectivity index (χ4n) is 8.18. The van der Waals surface area contributed by atoms with Crippen LogP contribution in [-0.2, 0) is 52.8 Å². The van der Waals surface area contributed by atoms with Gasteiger partial charge in [-0.25, -0.2) is 13.1 Å². The minimum absolute atomic E-state index is 0.00438. The van der Waals surface area contributed by atoms with Gasteiger partial charge in [-0.2, -0.15) is 0 Å². The van der Waals surface area contributed by atoms with E-state index in [1.807, 2.05) is 0 Å². The first-order valence-corrected chi connectivity index (χ1v) is 21.0. The largest absolute Gasteiger partial charge is 0.458 e. The number of rotatable bonds is 10. The van der Waals surface area contributed by atoms with Crippen LogP contribution in [0.5, 0.6) is 0 Å². The quantitative estimate of drug-likeness (QED) is 0.213. The summed E-state index contributed by atoms with van der Waals surface area (Å²) < 4.78 is 72.3. The Hall–Kier alpha value is -2.29. The number of sulfonamides is 1. The van der Waals surface area contributed by atoms with Crippen LogP contribution < -0.4 is 10.5 Å². The first-order chi connectivity index (χ1) is 26.0. The number of nitrogens with two attached hydrogens (primary N) is 1. The van der Waals surface area contributed by atoms with Gasteiger partial charge in [0.15, 0.2) is 18.2 Å². The maximum Gasteiger partial charge on any atom is 0.311 e. The number of nitrogens with one attached hydrogen (secondary N) is 1. The molecule has 4 rings (SSSR count). The Bertz CT molecular complexity index is 1580. The van der Waals surface area contributed by atoms with Crippen molar-refractivity contribution in [1.29, 1.82) is 0 Å². The van der Waals surface area contributed by atoms with Crippen LogP contribution in [0.3, 0.4) is 0 Å². The summed E-state index contributed by atoms with van der Waals surface area (Å²) in [5.41, 5.74) is 1.74. The highest BCUT2D eigenvalue weighted by Crippen LogP contribution is 2.40. The van der Waals surface area contributed by atoms with Crippen LogP contribution in [-0.4, -0.2) is 127 Å². The molecule has 0 aliphatic carbocycles. The van der Waals surface area contributed by atoms with Gasteiger partial charge in [0.05, 0.1) is 58.4 Å². The number of carbonyl (C=O) groups is 2. The standard InChI is InChI=1S/C39H64N2O14S/c1-11-28-39(9,20-40)55-34(44)21(2)18-37(7,46)33(54-36-30(42)27(17-22(3)50-36)41-56(47,48)26-15-13-12-14-16-26)23(4)31(24(5)35(45)52-28)53-29-19-38(8,49-10)32(43)25(6)51-29/h12-16,21-25,27-33,36,41-43,46H,11,17-20,40H2,1-10H3/t21-,22-,23+,24-,25+,27+,28+,29+,30-,31-,32+,33-,36+,37-,38-,39-/m1/s1. The Morgan fingerprint density at radius 2 is 1.61 bits per heavy atom. The summed E-state index contributed by atoms with van der Waals surface area (Å²) in [6, 6.07) is 6.65. The predicted molar refractivity (Wildman–Crippen MR) is 202 cm³/mol. The molecular formula is C39H64N2O14S.